The third-order valence-electron chi connectivity index (χ3n) is 16.9. The number of hydrogen-bond acceptors (Lipinski definition) is 4. The molecule has 0 unspecified atom stereocenters. The van der Waals surface area contributed by atoms with Crippen molar-refractivity contribution in [3.63, 3.8) is 0 Å². The topological polar surface area (TPSA) is 61.1 Å². The van der Waals surface area contributed by atoms with E-state index in [0.717, 1.165) is 113 Å². The zero-order chi connectivity index (χ0) is 50.0. The Bertz CT molecular complexity index is 4500. The summed E-state index contributed by atoms with van der Waals surface area (Å²) in [6.07, 6.45) is 2.30. The first kappa shape index (κ1) is 43.3. The molecule has 1 aliphatic heterocycles. The second-order valence-corrected chi connectivity index (χ2v) is 23.5. The van der Waals surface area contributed by atoms with Crippen molar-refractivity contribution < 1.29 is 8.83 Å². The molecule has 0 fully saturated rings. The van der Waals surface area contributed by atoms with Crippen molar-refractivity contribution in [1.29, 1.82) is 0 Å². The van der Waals surface area contributed by atoms with Gasteiger partial charge in [0.05, 0.1) is 16.6 Å². The van der Waals surface area contributed by atoms with Crippen molar-refractivity contribution in [2.24, 2.45) is 0 Å². The van der Waals surface area contributed by atoms with Crippen LogP contribution in [0.15, 0.2) is 179 Å². The number of benzene rings is 9. The lowest BCUT2D eigenvalue weighted by molar-refractivity contribution is 0.332. The molecule has 0 radical (unpaired) electrons. The average Bonchev–Trinajstić information content (AvgIpc) is 4.15. The zero-order valence-electron chi connectivity index (χ0n) is 42.9. The number of nitrogens with zero attached hydrogens (tertiary/aromatic N) is 3. The summed E-state index contributed by atoms with van der Waals surface area (Å²) < 4.78 is 18.5. The van der Waals surface area contributed by atoms with Crippen LogP contribution >= 0.6 is 0 Å². The Labute approximate surface area is 430 Å². The Kier molecular flexibility index (Phi) is 8.86. The normalized spacial score (nSPS) is 14.9. The first-order valence-corrected chi connectivity index (χ1v) is 26.3. The average molecular weight is 959 g/mol. The van der Waals surface area contributed by atoms with E-state index in [0.29, 0.717) is 7.28 Å². The van der Waals surface area contributed by atoms with Crippen molar-refractivity contribution in [2.75, 3.05) is 5.32 Å². The minimum atomic E-state index is 0.0383. The monoisotopic (exact) mass is 958 g/mol. The van der Waals surface area contributed by atoms with E-state index in [1.54, 1.807) is 0 Å². The van der Waals surface area contributed by atoms with Crippen LogP contribution in [0.4, 0.5) is 11.4 Å². The summed E-state index contributed by atoms with van der Waals surface area (Å²) in [7, 11) is 0.709. The van der Waals surface area contributed by atoms with Gasteiger partial charge >= 0.3 is 0 Å². The second kappa shape index (κ2) is 15.1. The summed E-state index contributed by atoms with van der Waals surface area (Å²) in [6.45, 7) is 16.4. The molecule has 0 atom stereocenters. The maximum Gasteiger partial charge on any atom is 0.198 e. The summed E-state index contributed by atoms with van der Waals surface area (Å²) in [6, 6.07) is 62.1. The molecule has 0 amide bonds. The molecule has 0 saturated heterocycles. The van der Waals surface area contributed by atoms with E-state index in [9.17, 15) is 0 Å². The van der Waals surface area contributed by atoms with Gasteiger partial charge in [0.1, 0.15) is 28.2 Å². The number of nitrogens with one attached hydrogen (secondary N) is 1. The van der Waals surface area contributed by atoms with Crippen LogP contribution in [-0.4, -0.2) is 21.4 Å². The highest BCUT2D eigenvalue weighted by Gasteiger charge is 2.38. The zero-order valence-corrected chi connectivity index (χ0v) is 42.9. The molecule has 7 heteroatoms. The maximum absolute atomic E-state index is 7.05. The van der Waals surface area contributed by atoms with E-state index in [-0.39, 0.29) is 16.2 Å². The van der Waals surface area contributed by atoms with Crippen molar-refractivity contribution in [3.05, 3.63) is 187 Å². The van der Waals surface area contributed by atoms with Crippen molar-refractivity contribution >= 4 is 106 Å². The first-order valence-electron chi connectivity index (χ1n) is 26.3. The fourth-order valence-electron chi connectivity index (χ4n) is 12.8. The van der Waals surface area contributed by atoms with Gasteiger partial charge in [-0.25, -0.2) is 4.98 Å². The number of hydrogen-bond donors (Lipinski definition) is 1. The highest BCUT2D eigenvalue weighted by atomic mass is 16.3. The number of fused-ring (bicyclic) bond motifs is 13. The van der Waals surface area contributed by atoms with E-state index in [4.69, 9.17) is 13.8 Å². The third-order valence-corrected chi connectivity index (χ3v) is 16.9. The molecule has 2 aliphatic rings. The second-order valence-electron chi connectivity index (χ2n) is 23.5. The van der Waals surface area contributed by atoms with Gasteiger partial charge in [0, 0.05) is 71.7 Å². The van der Waals surface area contributed by atoms with Gasteiger partial charge < -0.3 is 18.7 Å². The molecule has 15 rings (SSSR count). The van der Waals surface area contributed by atoms with E-state index in [1.807, 2.05) is 0 Å². The molecule has 1 aliphatic carbocycles. The number of rotatable bonds is 5. The largest absolute Gasteiger partial charge is 0.456 e. The Morgan fingerprint density at radius 2 is 1.20 bits per heavy atom. The predicted octanol–water partition coefficient (Wildman–Crippen LogP) is 16.3. The number of anilines is 2. The molecular formula is C67H55BN4O2. The van der Waals surface area contributed by atoms with Crippen LogP contribution in [-0.2, 0) is 16.2 Å². The van der Waals surface area contributed by atoms with E-state index >= 15 is 0 Å². The summed E-state index contributed by atoms with van der Waals surface area (Å²) in [5, 5.41) is 10.9. The van der Waals surface area contributed by atoms with Gasteiger partial charge in [-0.05, 0) is 136 Å². The number of aromatic nitrogens is 3. The molecule has 1 N–H and O–H groups in total. The van der Waals surface area contributed by atoms with Gasteiger partial charge in [-0.15, -0.1) is 0 Å². The lowest BCUT2D eigenvalue weighted by atomic mass is 9.59. The molecule has 0 spiro atoms. The Morgan fingerprint density at radius 3 is 1.97 bits per heavy atom. The fraction of sp³-hybridized carbons (Fsp3) is 0.179. The molecular weight excluding hydrogens is 904 g/mol. The lowest BCUT2D eigenvalue weighted by Gasteiger charge is -2.41. The van der Waals surface area contributed by atoms with E-state index in [1.165, 1.54) is 49.5 Å². The molecule has 6 nitrogen and oxygen atoms in total. The third kappa shape index (κ3) is 6.35. The molecule has 9 aromatic carbocycles. The summed E-state index contributed by atoms with van der Waals surface area (Å²) >= 11 is 0. The van der Waals surface area contributed by atoms with Gasteiger partial charge in [-0.3, -0.25) is 4.57 Å². The van der Waals surface area contributed by atoms with Crippen LogP contribution in [0.25, 0.3) is 111 Å². The number of furan rings is 2. The summed E-state index contributed by atoms with van der Waals surface area (Å²) in [5.41, 5.74) is 22.4. The molecule has 0 saturated carbocycles. The van der Waals surface area contributed by atoms with E-state index < -0.39 is 0 Å². The van der Waals surface area contributed by atoms with Gasteiger partial charge in [0.2, 0.25) is 0 Å². The molecule has 4 aromatic heterocycles. The summed E-state index contributed by atoms with van der Waals surface area (Å²) in [4.78, 5) is 5.47. The summed E-state index contributed by atoms with van der Waals surface area (Å²) in [5.74, 6) is 0.916. The van der Waals surface area contributed by atoms with Crippen molar-refractivity contribution in [2.45, 2.75) is 77.6 Å². The quantitative estimate of drug-likeness (QED) is 0.175. The highest BCUT2D eigenvalue weighted by Crippen LogP contribution is 2.50. The van der Waals surface area contributed by atoms with Gasteiger partial charge in [0.25, 0.3) is 0 Å². The minimum absolute atomic E-state index is 0.0383. The first-order chi connectivity index (χ1) is 35.8. The van der Waals surface area contributed by atoms with Crippen LogP contribution in [0, 0.1) is 0 Å². The van der Waals surface area contributed by atoms with Crippen LogP contribution in [0.2, 0.25) is 0 Å². The fourth-order valence-corrected chi connectivity index (χ4v) is 12.8. The standard InChI is InChI=1S/C67H55BN4O2/c1-65(2,3)39-22-24-40(25-23-39)69-53-31-48-47-30-50-51(67(6,7)29-28-66(50,4)5)35-61(47)74-59(48)33-45(53)43-26-27-44-46-34-60-49(42-20-14-15-21-58(42)73-60)32-55(46)72-56-37-57-54(36-52(56)68-62(43)63(44)72)70-64(38-16-10-8-11-17-38)71(57)41-18-12-9-13-19-41/h8-27,30-37,68-69H,28-29H2,1-7H3. The SMILES string of the molecule is CC(C)(C)c1ccc(Nc2cc3c(cc2-c2ccc4c5cc6oc7ccccc7c6cc5n5c4c2Bc2cc4nc(-c6ccccc6)n(-c6ccccc6)c4cc2-5)oc2cc4c(cc23)C(C)(C)CCC4(C)C)cc1. The van der Waals surface area contributed by atoms with Crippen LogP contribution < -0.4 is 16.2 Å². The van der Waals surface area contributed by atoms with Crippen LogP contribution in [0.3, 0.4) is 0 Å². The van der Waals surface area contributed by atoms with Gasteiger partial charge in [-0.2, -0.15) is 0 Å². The predicted molar refractivity (Wildman–Crippen MR) is 311 cm³/mol. The smallest absolute Gasteiger partial charge is 0.198 e. The molecule has 0 bridgehead atoms. The Hall–Kier alpha value is -8.29. The molecule has 13 aromatic rings. The van der Waals surface area contributed by atoms with Crippen LogP contribution in [0.5, 0.6) is 0 Å². The molecule has 5 heterocycles. The van der Waals surface area contributed by atoms with Crippen molar-refractivity contribution in [1.82, 2.24) is 14.1 Å². The number of para-hydroxylation sites is 2. The van der Waals surface area contributed by atoms with E-state index in [2.05, 4.69) is 233 Å². The minimum Gasteiger partial charge on any atom is -0.456 e. The Morgan fingerprint density at radius 1 is 0.541 bits per heavy atom. The van der Waals surface area contributed by atoms with Crippen molar-refractivity contribution in [3.8, 4) is 33.9 Å². The van der Waals surface area contributed by atoms with Gasteiger partial charge in [0.15, 0.2) is 7.28 Å². The van der Waals surface area contributed by atoms with Gasteiger partial charge in [-0.1, -0.05) is 145 Å². The highest BCUT2D eigenvalue weighted by molar-refractivity contribution is 6.73. The maximum atomic E-state index is 7.05. The molecule has 358 valence electrons. The van der Waals surface area contributed by atoms with Crippen LogP contribution in [0.1, 0.15) is 78.0 Å². The lowest BCUT2D eigenvalue weighted by Crippen LogP contribution is -2.37. The Balaban J connectivity index is 1.02. The molecule has 74 heavy (non-hydrogen) atoms. The number of imidazole rings is 1.